The van der Waals surface area contributed by atoms with Crippen molar-refractivity contribution in [2.24, 2.45) is 0 Å². The lowest BCUT2D eigenvalue weighted by atomic mass is 10.2. The van der Waals surface area contributed by atoms with Crippen LogP contribution in [0.25, 0.3) is 0 Å². The minimum absolute atomic E-state index is 0.524. The molecule has 0 aliphatic carbocycles. The SMILES string of the molecule is COC(=O)Nc1ccc(Nc2ccccc2C#N)nc1. The van der Waals surface area contributed by atoms with Crippen molar-refractivity contribution in [1.82, 2.24) is 4.98 Å². The number of amides is 1. The van der Waals surface area contributed by atoms with E-state index in [-0.39, 0.29) is 0 Å². The van der Waals surface area contributed by atoms with Crippen LogP contribution >= 0.6 is 0 Å². The van der Waals surface area contributed by atoms with Crippen LogP contribution in [-0.4, -0.2) is 18.2 Å². The van der Waals surface area contributed by atoms with E-state index in [1.807, 2.05) is 6.07 Å². The van der Waals surface area contributed by atoms with E-state index in [1.54, 1.807) is 30.3 Å². The van der Waals surface area contributed by atoms with Gasteiger partial charge in [-0.1, -0.05) is 12.1 Å². The quantitative estimate of drug-likeness (QED) is 0.893. The molecule has 0 bridgehead atoms. The lowest BCUT2D eigenvalue weighted by molar-refractivity contribution is 0.187. The molecule has 0 fully saturated rings. The van der Waals surface area contributed by atoms with Gasteiger partial charge in [0, 0.05) is 0 Å². The summed E-state index contributed by atoms with van der Waals surface area (Å²) in [5, 5.41) is 14.5. The normalized spacial score (nSPS) is 9.40. The summed E-state index contributed by atoms with van der Waals surface area (Å²) in [4.78, 5) is 15.2. The second-order valence-corrected chi connectivity index (χ2v) is 3.83. The zero-order valence-electron chi connectivity index (χ0n) is 10.8. The maximum atomic E-state index is 11.0. The number of ether oxygens (including phenoxy) is 1. The third kappa shape index (κ3) is 3.23. The second kappa shape index (κ2) is 6.20. The lowest BCUT2D eigenvalue weighted by Gasteiger charge is -2.08. The molecule has 6 heteroatoms. The number of nitrogens with zero attached hydrogens (tertiary/aromatic N) is 2. The summed E-state index contributed by atoms with van der Waals surface area (Å²) in [5.41, 5.74) is 1.73. The summed E-state index contributed by atoms with van der Waals surface area (Å²) in [7, 11) is 1.29. The van der Waals surface area contributed by atoms with Crippen LogP contribution in [0.1, 0.15) is 5.56 Å². The van der Waals surface area contributed by atoms with Crippen molar-refractivity contribution in [2.75, 3.05) is 17.7 Å². The Morgan fingerprint density at radius 3 is 2.75 bits per heavy atom. The van der Waals surface area contributed by atoms with E-state index < -0.39 is 6.09 Å². The number of pyridine rings is 1. The van der Waals surface area contributed by atoms with Crippen molar-refractivity contribution in [3.8, 4) is 6.07 Å². The number of hydrogen-bond donors (Lipinski definition) is 2. The second-order valence-electron chi connectivity index (χ2n) is 3.83. The highest BCUT2D eigenvalue weighted by Crippen LogP contribution is 2.19. The first-order chi connectivity index (χ1) is 9.72. The van der Waals surface area contributed by atoms with E-state index in [4.69, 9.17) is 5.26 Å². The Kier molecular flexibility index (Phi) is 4.14. The largest absolute Gasteiger partial charge is 0.453 e. The van der Waals surface area contributed by atoms with Crippen LogP contribution in [0, 0.1) is 11.3 Å². The Morgan fingerprint density at radius 1 is 1.30 bits per heavy atom. The molecule has 0 atom stereocenters. The highest BCUT2D eigenvalue weighted by Gasteiger charge is 2.03. The molecular formula is C14H12N4O2. The van der Waals surface area contributed by atoms with Gasteiger partial charge in [-0.3, -0.25) is 5.32 Å². The van der Waals surface area contributed by atoms with Crippen molar-refractivity contribution in [3.63, 3.8) is 0 Å². The molecule has 1 heterocycles. The number of anilines is 3. The van der Waals surface area contributed by atoms with Gasteiger partial charge in [-0.25, -0.2) is 9.78 Å². The van der Waals surface area contributed by atoms with Gasteiger partial charge in [0.1, 0.15) is 11.9 Å². The van der Waals surface area contributed by atoms with E-state index >= 15 is 0 Å². The van der Waals surface area contributed by atoms with Gasteiger partial charge in [-0.05, 0) is 24.3 Å². The molecule has 1 amide bonds. The number of para-hydroxylation sites is 1. The Hall–Kier alpha value is -3.07. The topological polar surface area (TPSA) is 87.0 Å². The zero-order chi connectivity index (χ0) is 14.4. The van der Waals surface area contributed by atoms with Gasteiger partial charge in [-0.15, -0.1) is 0 Å². The van der Waals surface area contributed by atoms with Crippen molar-refractivity contribution >= 4 is 23.3 Å². The summed E-state index contributed by atoms with van der Waals surface area (Å²) in [5.74, 6) is 0.572. The molecule has 2 rings (SSSR count). The molecule has 100 valence electrons. The average molecular weight is 268 g/mol. The molecule has 0 aliphatic heterocycles. The molecule has 2 aromatic rings. The molecule has 0 radical (unpaired) electrons. The number of methoxy groups -OCH3 is 1. The zero-order valence-corrected chi connectivity index (χ0v) is 10.8. The molecule has 1 aromatic carbocycles. The monoisotopic (exact) mass is 268 g/mol. The highest BCUT2D eigenvalue weighted by molar-refractivity contribution is 5.84. The van der Waals surface area contributed by atoms with E-state index in [0.29, 0.717) is 22.8 Å². The predicted octanol–water partition coefficient (Wildman–Crippen LogP) is 2.88. The molecular weight excluding hydrogens is 256 g/mol. The first-order valence-corrected chi connectivity index (χ1v) is 5.80. The molecule has 0 spiro atoms. The minimum Gasteiger partial charge on any atom is -0.453 e. The number of nitrogens with one attached hydrogen (secondary N) is 2. The number of aromatic nitrogens is 1. The Bertz CT molecular complexity index is 647. The van der Waals surface area contributed by atoms with Crippen LogP contribution in [0.2, 0.25) is 0 Å². The number of carbonyl (C=O) groups is 1. The van der Waals surface area contributed by atoms with Gasteiger partial charge in [0.25, 0.3) is 0 Å². The number of nitriles is 1. The number of hydrogen-bond acceptors (Lipinski definition) is 5. The van der Waals surface area contributed by atoms with Crippen LogP contribution in [-0.2, 0) is 4.74 Å². The fraction of sp³-hybridized carbons (Fsp3) is 0.0714. The van der Waals surface area contributed by atoms with E-state index in [0.717, 1.165) is 0 Å². The fourth-order valence-electron chi connectivity index (χ4n) is 1.54. The first-order valence-electron chi connectivity index (χ1n) is 5.80. The Morgan fingerprint density at radius 2 is 2.10 bits per heavy atom. The molecule has 1 aromatic heterocycles. The van der Waals surface area contributed by atoms with Crippen LogP contribution in [0.15, 0.2) is 42.6 Å². The number of benzene rings is 1. The Labute approximate surface area is 116 Å². The van der Waals surface area contributed by atoms with E-state index in [2.05, 4.69) is 26.4 Å². The fourth-order valence-corrected chi connectivity index (χ4v) is 1.54. The van der Waals surface area contributed by atoms with Crippen LogP contribution in [0.3, 0.4) is 0 Å². The average Bonchev–Trinajstić information content (AvgIpc) is 2.49. The minimum atomic E-state index is -0.553. The van der Waals surface area contributed by atoms with Crippen molar-refractivity contribution < 1.29 is 9.53 Å². The third-order valence-electron chi connectivity index (χ3n) is 2.51. The van der Waals surface area contributed by atoms with Crippen LogP contribution in [0.5, 0.6) is 0 Å². The summed E-state index contributed by atoms with van der Waals surface area (Å²) >= 11 is 0. The number of rotatable bonds is 3. The van der Waals surface area contributed by atoms with Gasteiger partial charge in [0.2, 0.25) is 0 Å². The highest BCUT2D eigenvalue weighted by atomic mass is 16.5. The maximum Gasteiger partial charge on any atom is 0.411 e. The Balaban J connectivity index is 2.11. The van der Waals surface area contributed by atoms with Gasteiger partial charge < -0.3 is 10.1 Å². The van der Waals surface area contributed by atoms with Crippen molar-refractivity contribution in [2.45, 2.75) is 0 Å². The first kappa shape index (κ1) is 13.4. The maximum absolute atomic E-state index is 11.0. The molecule has 0 saturated heterocycles. The smallest absolute Gasteiger partial charge is 0.411 e. The lowest BCUT2D eigenvalue weighted by Crippen LogP contribution is -2.11. The van der Waals surface area contributed by atoms with Crippen LogP contribution in [0.4, 0.5) is 22.0 Å². The van der Waals surface area contributed by atoms with Crippen molar-refractivity contribution in [1.29, 1.82) is 5.26 Å². The van der Waals surface area contributed by atoms with E-state index in [9.17, 15) is 4.79 Å². The van der Waals surface area contributed by atoms with Gasteiger partial charge in [0.15, 0.2) is 0 Å². The summed E-state index contributed by atoms with van der Waals surface area (Å²) in [6.45, 7) is 0. The molecule has 20 heavy (non-hydrogen) atoms. The predicted molar refractivity (Wildman–Crippen MR) is 74.7 cm³/mol. The van der Waals surface area contributed by atoms with Crippen LogP contribution < -0.4 is 10.6 Å². The summed E-state index contributed by atoms with van der Waals surface area (Å²) in [6.07, 6.45) is 0.941. The van der Waals surface area contributed by atoms with Gasteiger partial charge in [-0.2, -0.15) is 5.26 Å². The summed E-state index contributed by atoms with van der Waals surface area (Å²) < 4.78 is 4.48. The van der Waals surface area contributed by atoms with Gasteiger partial charge >= 0.3 is 6.09 Å². The van der Waals surface area contributed by atoms with Gasteiger partial charge in [0.05, 0.1) is 30.2 Å². The number of carbonyl (C=O) groups excluding carboxylic acids is 1. The third-order valence-corrected chi connectivity index (χ3v) is 2.51. The molecule has 6 nitrogen and oxygen atoms in total. The molecule has 0 unspecified atom stereocenters. The molecule has 0 aliphatic rings. The molecule has 0 saturated carbocycles. The molecule has 2 N–H and O–H groups in total. The standard InChI is InChI=1S/C14H12N4O2/c1-20-14(19)17-11-6-7-13(16-9-11)18-12-5-3-2-4-10(12)8-15/h2-7,9H,1H3,(H,16,18)(H,17,19). The van der Waals surface area contributed by atoms with E-state index in [1.165, 1.54) is 13.3 Å². The summed E-state index contributed by atoms with van der Waals surface area (Å²) in [6, 6.07) is 12.6. The van der Waals surface area contributed by atoms with Crippen molar-refractivity contribution in [3.05, 3.63) is 48.2 Å².